The summed E-state index contributed by atoms with van der Waals surface area (Å²) in [5.41, 5.74) is 0.949. The van der Waals surface area contributed by atoms with Crippen LogP contribution >= 0.6 is 0 Å². The van der Waals surface area contributed by atoms with Crippen LogP contribution in [0.5, 0.6) is 5.75 Å². The van der Waals surface area contributed by atoms with Gasteiger partial charge in [-0.2, -0.15) is 0 Å². The molecule has 3 aromatic carbocycles. The van der Waals surface area contributed by atoms with Gasteiger partial charge in [-0.25, -0.2) is 0 Å². The van der Waals surface area contributed by atoms with Crippen molar-refractivity contribution in [3.05, 3.63) is 54.1 Å². The Morgan fingerprint density at radius 3 is 2.03 bits per heavy atom. The molecule has 0 unspecified atom stereocenters. The van der Waals surface area contributed by atoms with E-state index in [0.717, 1.165) is 40.2 Å². The van der Waals surface area contributed by atoms with Gasteiger partial charge in [0.25, 0.3) is 0 Å². The van der Waals surface area contributed by atoms with Crippen LogP contribution in [0, 0.1) is 0 Å². The van der Waals surface area contributed by atoms with E-state index < -0.39 is 0 Å². The number of esters is 2. The summed E-state index contributed by atoms with van der Waals surface area (Å²) in [6.07, 6.45) is -0.344. The third-order valence-electron chi connectivity index (χ3n) is 5.09. The molecule has 0 N–H and O–H groups in total. The molecule has 0 bridgehead atoms. The molecule has 29 heavy (non-hydrogen) atoms. The molecule has 0 radical (unpaired) electrons. The summed E-state index contributed by atoms with van der Waals surface area (Å²) in [4.78, 5) is 25.3. The highest BCUT2D eigenvalue weighted by molar-refractivity contribution is 6.08. The minimum atomic E-state index is -0.348. The Balaban J connectivity index is 2.10. The predicted molar refractivity (Wildman–Crippen MR) is 115 cm³/mol. The highest BCUT2D eigenvalue weighted by atomic mass is 16.5. The van der Waals surface area contributed by atoms with Crippen LogP contribution in [0.25, 0.3) is 21.5 Å². The molecule has 152 valence electrons. The smallest absolute Gasteiger partial charge is 0.308 e. The number of benzene rings is 3. The number of carbonyl (C=O) groups excluding carboxylic acids is 2. The van der Waals surface area contributed by atoms with Crippen LogP contribution in [0.3, 0.4) is 0 Å². The molecule has 0 aliphatic carbocycles. The summed E-state index contributed by atoms with van der Waals surface area (Å²) < 4.78 is 10.9. The third-order valence-corrected chi connectivity index (χ3v) is 5.09. The Bertz CT molecular complexity index is 1040. The number of ether oxygens (including phenoxy) is 2. The van der Waals surface area contributed by atoms with E-state index in [1.807, 2.05) is 30.3 Å². The highest BCUT2D eigenvalue weighted by Gasteiger charge is 2.18. The zero-order valence-electron chi connectivity index (χ0n) is 17.4. The lowest BCUT2D eigenvalue weighted by Gasteiger charge is -2.25. The van der Waals surface area contributed by atoms with Crippen LogP contribution in [0.4, 0.5) is 0 Å². The van der Waals surface area contributed by atoms with Gasteiger partial charge in [0.1, 0.15) is 11.9 Å². The fraction of sp³-hybridized carbons (Fsp3) is 0.333. The first-order valence-electron chi connectivity index (χ1n) is 9.95. The zero-order chi connectivity index (χ0) is 21.0. The molecule has 3 rings (SSSR count). The monoisotopic (exact) mass is 393 g/mol. The van der Waals surface area contributed by atoms with E-state index in [1.165, 1.54) is 13.8 Å². The molecule has 5 heteroatoms. The van der Waals surface area contributed by atoms with Crippen molar-refractivity contribution in [2.75, 3.05) is 19.6 Å². The number of hydrogen-bond donors (Lipinski definition) is 0. The van der Waals surface area contributed by atoms with Crippen molar-refractivity contribution in [2.45, 2.75) is 33.8 Å². The maximum atomic E-state index is 11.7. The van der Waals surface area contributed by atoms with E-state index in [0.29, 0.717) is 12.3 Å². The molecule has 5 nitrogen and oxygen atoms in total. The molecule has 0 aliphatic rings. The Morgan fingerprint density at radius 1 is 0.862 bits per heavy atom. The second kappa shape index (κ2) is 9.05. The average molecular weight is 393 g/mol. The van der Waals surface area contributed by atoms with E-state index in [-0.39, 0.29) is 18.0 Å². The van der Waals surface area contributed by atoms with Crippen LogP contribution < -0.4 is 4.74 Å². The Labute approximate surface area is 171 Å². The van der Waals surface area contributed by atoms with Gasteiger partial charge in [0.05, 0.1) is 0 Å². The fourth-order valence-electron chi connectivity index (χ4n) is 3.60. The first-order chi connectivity index (χ1) is 13.9. The largest absolute Gasteiger partial charge is 0.456 e. The molecule has 0 spiro atoms. The molecule has 0 amide bonds. The van der Waals surface area contributed by atoms with Crippen LogP contribution in [0.2, 0.25) is 0 Å². The number of likely N-dealkylation sites (N-methyl/N-ethyl adjacent to an activating group) is 1. The van der Waals surface area contributed by atoms with E-state index in [9.17, 15) is 9.59 Å². The van der Waals surface area contributed by atoms with Crippen molar-refractivity contribution in [1.29, 1.82) is 0 Å². The molecule has 0 aromatic heterocycles. The van der Waals surface area contributed by atoms with Crippen LogP contribution in [-0.2, 0) is 14.3 Å². The molecule has 3 aromatic rings. The van der Waals surface area contributed by atoms with Gasteiger partial charge in [-0.3, -0.25) is 14.5 Å². The van der Waals surface area contributed by atoms with Crippen LogP contribution in [0.1, 0.15) is 39.4 Å². The third kappa shape index (κ3) is 4.93. The number of hydrogen-bond acceptors (Lipinski definition) is 5. The lowest BCUT2D eigenvalue weighted by atomic mass is 9.97. The van der Waals surface area contributed by atoms with Crippen molar-refractivity contribution in [3.63, 3.8) is 0 Å². The Kier molecular flexibility index (Phi) is 6.49. The van der Waals surface area contributed by atoms with Gasteiger partial charge in [-0.05, 0) is 58.4 Å². The molecular weight excluding hydrogens is 366 g/mol. The quantitative estimate of drug-likeness (QED) is 0.326. The van der Waals surface area contributed by atoms with E-state index in [1.54, 1.807) is 6.07 Å². The van der Waals surface area contributed by atoms with Gasteiger partial charge in [-0.1, -0.05) is 44.2 Å². The van der Waals surface area contributed by atoms with E-state index >= 15 is 0 Å². The maximum absolute atomic E-state index is 11.7. The average Bonchev–Trinajstić information content (AvgIpc) is 2.69. The standard InChI is InChI=1S/C24H27NO4/c1-5-25(6-2)15-24(29-17(4)27)20-10-9-18-7-8-19-11-12-21(28-16(3)26)14-23(19)22(18)13-20/h7-14,24H,5-6,15H2,1-4H3/t24-/m1/s1. The predicted octanol–water partition coefficient (Wildman–Crippen LogP) is 4.86. The fourth-order valence-corrected chi connectivity index (χ4v) is 3.60. The molecule has 0 fully saturated rings. The number of nitrogens with zero attached hydrogens (tertiary/aromatic N) is 1. The summed E-state index contributed by atoms with van der Waals surface area (Å²) in [5, 5.41) is 4.15. The second-order valence-electron chi connectivity index (χ2n) is 7.11. The maximum Gasteiger partial charge on any atom is 0.308 e. The molecule has 0 heterocycles. The van der Waals surface area contributed by atoms with Crippen molar-refractivity contribution >= 4 is 33.5 Å². The van der Waals surface area contributed by atoms with Crippen molar-refractivity contribution in [1.82, 2.24) is 4.90 Å². The molecule has 1 atom stereocenters. The SMILES string of the molecule is CCN(CC)C[C@@H](OC(C)=O)c1ccc2ccc3ccc(OC(C)=O)cc3c2c1. The molecule has 0 saturated carbocycles. The van der Waals surface area contributed by atoms with Gasteiger partial charge in [0.15, 0.2) is 0 Å². The normalized spacial score (nSPS) is 12.3. The minimum Gasteiger partial charge on any atom is -0.456 e. The van der Waals surface area contributed by atoms with Crippen LogP contribution in [-0.4, -0.2) is 36.5 Å². The summed E-state index contributed by atoms with van der Waals surface area (Å²) >= 11 is 0. The van der Waals surface area contributed by atoms with Gasteiger partial charge >= 0.3 is 11.9 Å². The number of rotatable bonds is 7. The van der Waals surface area contributed by atoms with Gasteiger partial charge < -0.3 is 9.47 Å². The van der Waals surface area contributed by atoms with Gasteiger partial charge in [-0.15, -0.1) is 0 Å². The topological polar surface area (TPSA) is 55.8 Å². The molecule has 0 saturated heterocycles. The zero-order valence-corrected chi connectivity index (χ0v) is 17.4. The van der Waals surface area contributed by atoms with Gasteiger partial charge in [0, 0.05) is 20.4 Å². The molecule has 0 aliphatic heterocycles. The lowest BCUT2D eigenvalue weighted by molar-refractivity contribution is -0.147. The highest BCUT2D eigenvalue weighted by Crippen LogP contribution is 2.32. The van der Waals surface area contributed by atoms with Crippen molar-refractivity contribution in [3.8, 4) is 5.75 Å². The summed E-state index contributed by atoms with van der Waals surface area (Å²) in [6.45, 7) is 9.44. The van der Waals surface area contributed by atoms with Gasteiger partial charge in [0.2, 0.25) is 0 Å². The Morgan fingerprint density at radius 2 is 1.45 bits per heavy atom. The Hall–Kier alpha value is -2.92. The first kappa shape index (κ1) is 20.8. The van der Waals surface area contributed by atoms with E-state index in [4.69, 9.17) is 9.47 Å². The summed E-state index contributed by atoms with van der Waals surface area (Å²) in [7, 11) is 0. The lowest BCUT2D eigenvalue weighted by Crippen LogP contribution is -2.30. The van der Waals surface area contributed by atoms with Crippen molar-refractivity contribution in [2.24, 2.45) is 0 Å². The van der Waals surface area contributed by atoms with Crippen molar-refractivity contribution < 1.29 is 19.1 Å². The van der Waals surface area contributed by atoms with E-state index in [2.05, 4.69) is 30.9 Å². The summed E-state index contributed by atoms with van der Waals surface area (Å²) in [5.74, 6) is -0.126. The first-order valence-corrected chi connectivity index (χ1v) is 9.95. The molecular formula is C24H27NO4. The number of fused-ring (bicyclic) bond motifs is 3. The second-order valence-corrected chi connectivity index (χ2v) is 7.11. The minimum absolute atomic E-state index is 0.294. The summed E-state index contributed by atoms with van der Waals surface area (Å²) in [6, 6.07) is 15.9. The number of carbonyl (C=O) groups is 2. The van der Waals surface area contributed by atoms with Crippen LogP contribution in [0.15, 0.2) is 48.5 Å².